The lowest BCUT2D eigenvalue weighted by atomic mass is 9.95. The van der Waals surface area contributed by atoms with Crippen LogP contribution in [0.1, 0.15) is 18.4 Å². The molecule has 5 heteroatoms. The number of carbonyl (C=O) groups excluding carboxylic acids is 1. The van der Waals surface area contributed by atoms with Crippen LogP contribution >= 0.6 is 11.6 Å². The molecule has 4 rings (SSSR count). The molecular weight excluding hydrogens is 298 g/mol. The zero-order valence-electron chi connectivity index (χ0n) is 11.8. The minimum atomic E-state index is -0.485. The van der Waals surface area contributed by atoms with Crippen LogP contribution in [0.15, 0.2) is 48.7 Å². The summed E-state index contributed by atoms with van der Waals surface area (Å²) < 4.78 is 0. The molecule has 1 heterocycles. The van der Waals surface area contributed by atoms with Gasteiger partial charge in [-0.1, -0.05) is 29.8 Å². The van der Waals surface area contributed by atoms with E-state index in [-0.39, 0.29) is 5.91 Å². The van der Waals surface area contributed by atoms with E-state index in [0.29, 0.717) is 5.02 Å². The number of benzene rings is 2. The third kappa shape index (κ3) is 2.07. The van der Waals surface area contributed by atoms with Crippen LogP contribution in [-0.4, -0.2) is 16.1 Å². The monoisotopic (exact) mass is 311 g/mol. The maximum absolute atomic E-state index is 12.7. The first-order valence-electron chi connectivity index (χ1n) is 7.19. The number of H-pyrrole nitrogens is 1. The molecule has 110 valence electrons. The fraction of sp³-hybridized carbons (Fsp3) is 0.176. The minimum absolute atomic E-state index is 0.000495. The van der Waals surface area contributed by atoms with Gasteiger partial charge in [-0.05, 0) is 42.7 Å². The van der Waals surface area contributed by atoms with Gasteiger partial charge in [-0.15, -0.1) is 0 Å². The molecule has 0 radical (unpaired) electrons. The van der Waals surface area contributed by atoms with Gasteiger partial charge >= 0.3 is 0 Å². The first-order valence-corrected chi connectivity index (χ1v) is 7.56. The maximum Gasteiger partial charge on any atom is 0.235 e. The van der Waals surface area contributed by atoms with Crippen molar-refractivity contribution >= 4 is 34.1 Å². The number of carbonyl (C=O) groups is 1. The van der Waals surface area contributed by atoms with Crippen LogP contribution < -0.4 is 5.32 Å². The van der Waals surface area contributed by atoms with Crippen LogP contribution in [-0.2, 0) is 10.2 Å². The molecule has 4 nitrogen and oxygen atoms in total. The quantitative estimate of drug-likeness (QED) is 0.771. The van der Waals surface area contributed by atoms with Gasteiger partial charge in [0.1, 0.15) is 0 Å². The zero-order chi connectivity index (χ0) is 15.2. The molecule has 2 N–H and O–H groups in total. The van der Waals surface area contributed by atoms with Crippen molar-refractivity contribution in [2.75, 3.05) is 5.32 Å². The van der Waals surface area contributed by atoms with Crippen molar-refractivity contribution < 1.29 is 4.79 Å². The molecule has 0 unspecified atom stereocenters. The van der Waals surface area contributed by atoms with Gasteiger partial charge in [0.2, 0.25) is 5.91 Å². The Morgan fingerprint density at radius 2 is 2.05 bits per heavy atom. The summed E-state index contributed by atoms with van der Waals surface area (Å²) in [7, 11) is 0. The van der Waals surface area contributed by atoms with Gasteiger partial charge < -0.3 is 5.32 Å². The number of nitrogens with one attached hydrogen (secondary N) is 2. The molecule has 0 aliphatic heterocycles. The van der Waals surface area contributed by atoms with Crippen LogP contribution in [0.2, 0.25) is 5.02 Å². The highest BCUT2D eigenvalue weighted by Crippen LogP contribution is 2.51. The number of hydrogen-bond donors (Lipinski definition) is 2. The summed E-state index contributed by atoms with van der Waals surface area (Å²) in [6.45, 7) is 0. The smallest absolute Gasteiger partial charge is 0.235 e. The first kappa shape index (κ1) is 13.3. The van der Waals surface area contributed by atoms with Gasteiger partial charge in [0, 0.05) is 16.1 Å². The number of fused-ring (bicyclic) bond motifs is 1. The Hall–Kier alpha value is -2.33. The van der Waals surface area contributed by atoms with Gasteiger partial charge in [0.15, 0.2) is 0 Å². The standard InChI is InChI=1S/C17H14ClN3O/c18-14-4-2-1-3-13(14)17(7-8-17)16(22)20-12-6-5-11-10-19-21-15(11)9-12/h1-6,9-10H,7-8H2,(H,19,21)(H,20,22). The Morgan fingerprint density at radius 1 is 1.23 bits per heavy atom. The van der Waals surface area contributed by atoms with E-state index in [1.54, 1.807) is 6.20 Å². The highest BCUT2D eigenvalue weighted by atomic mass is 35.5. The van der Waals surface area contributed by atoms with Gasteiger partial charge in [0.05, 0.1) is 17.1 Å². The number of aromatic amines is 1. The van der Waals surface area contributed by atoms with E-state index in [9.17, 15) is 4.79 Å². The summed E-state index contributed by atoms with van der Waals surface area (Å²) in [5, 5.41) is 11.6. The molecule has 1 saturated carbocycles. The molecule has 0 spiro atoms. The molecule has 1 aliphatic rings. The number of halogens is 1. The van der Waals surface area contributed by atoms with Gasteiger partial charge in [-0.3, -0.25) is 9.89 Å². The van der Waals surface area contributed by atoms with Crippen LogP contribution in [0, 0.1) is 0 Å². The second-order valence-corrected chi connectivity index (χ2v) is 6.10. The largest absolute Gasteiger partial charge is 0.325 e. The Bertz CT molecular complexity index is 867. The SMILES string of the molecule is O=C(Nc1ccc2cn[nH]c2c1)C1(c2ccccc2Cl)CC1. The minimum Gasteiger partial charge on any atom is -0.325 e. The summed E-state index contributed by atoms with van der Waals surface area (Å²) >= 11 is 6.27. The van der Waals surface area contributed by atoms with Crippen molar-refractivity contribution in [2.24, 2.45) is 0 Å². The number of rotatable bonds is 3. The second kappa shape index (κ2) is 4.85. The summed E-state index contributed by atoms with van der Waals surface area (Å²) in [6, 6.07) is 13.3. The fourth-order valence-corrected chi connectivity index (χ4v) is 3.18. The Kier molecular flexibility index (Phi) is 2.94. The number of aromatic nitrogens is 2. The molecule has 1 aliphatic carbocycles. The maximum atomic E-state index is 12.7. The van der Waals surface area contributed by atoms with Crippen molar-refractivity contribution in [1.82, 2.24) is 10.2 Å². The molecule has 3 aromatic rings. The van der Waals surface area contributed by atoms with Crippen molar-refractivity contribution in [3.8, 4) is 0 Å². The van der Waals surface area contributed by atoms with Gasteiger partial charge in [-0.25, -0.2) is 0 Å². The van der Waals surface area contributed by atoms with Crippen LogP contribution in [0.5, 0.6) is 0 Å². The third-order valence-electron chi connectivity index (χ3n) is 4.27. The van der Waals surface area contributed by atoms with Crippen molar-refractivity contribution in [1.29, 1.82) is 0 Å². The van der Waals surface area contributed by atoms with Gasteiger partial charge in [0.25, 0.3) is 0 Å². The van der Waals surface area contributed by atoms with E-state index in [1.165, 1.54) is 0 Å². The normalized spacial score (nSPS) is 15.7. The highest BCUT2D eigenvalue weighted by molar-refractivity contribution is 6.32. The highest BCUT2D eigenvalue weighted by Gasteiger charge is 2.52. The molecule has 0 bridgehead atoms. The van der Waals surface area contributed by atoms with E-state index in [2.05, 4.69) is 15.5 Å². The number of hydrogen-bond acceptors (Lipinski definition) is 2. The van der Waals surface area contributed by atoms with E-state index in [4.69, 9.17) is 11.6 Å². The van der Waals surface area contributed by atoms with E-state index in [0.717, 1.165) is 35.0 Å². The molecule has 0 atom stereocenters. The first-order chi connectivity index (χ1) is 10.7. The summed E-state index contributed by atoms with van der Waals surface area (Å²) in [6.07, 6.45) is 3.41. The van der Waals surface area contributed by atoms with Gasteiger partial charge in [-0.2, -0.15) is 5.10 Å². The average molecular weight is 312 g/mol. The lowest BCUT2D eigenvalue weighted by molar-refractivity contribution is -0.118. The van der Waals surface area contributed by atoms with Crippen molar-refractivity contribution in [3.05, 3.63) is 59.2 Å². The molecule has 22 heavy (non-hydrogen) atoms. The summed E-state index contributed by atoms with van der Waals surface area (Å²) in [5.41, 5.74) is 2.10. The Morgan fingerprint density at radius 3 is 2.82 bits per heavy atom. The number of nitrogens with zero attached hydrogens (tertiary/aromatic N) is 1. The van der Waals surface area contributed by atoms with Crippen molar-refractivity contribution in [3.63, 3.8) is 0 Å². The molecule has 0 saturated heterocycles. The van der Waals surface area contributed by atoms with Crippen molar-refractivity contribution in [2.45, 2.75) is 18.3 Å². The van der Waals surface area contributed by atoms with Crippen LogP contribution in [0.25, 0.3) is 10.9 Å². The van der Waals surface area contributed by atoms with E-state index < -0.39 is 5.41 Å². The zero-order valence-corrected chi connectivity index (χ0v) is 12.5. The molecule has 1 aromatic heterocycles. The van der Waals surface area contributed by atoms with E-state index >= 15 is 0 Å². The predicted octanol–water partition coefficient (Wildman–Crippen LogP) is 3.89. The fourth-order valence-electron chi connectivity index (χ4n) is 2.86. The number of anilines is 1. The van der Waals surface area contributed by atoms with Crippen LogP contribution in [0.4, 0.5) is 5.69 Å². The second-order valence-electron chi connectivity index (χ2n) is 5.69. The molecule has 1 fully saturated rings. The molecular formula is C17H14ClN3O. The molecule has 1 amide bonds. The Labute approximate surface area is 132 Å². The lowest BCUT2D eigenvalue weighted by Gasteiger charge is -2.17. The Balaban J connectivity index is 1.63. The third-order valence-corrected chi connectivity index (χ3v) is 4.60. The van der Waals surface area contributed by atoms with E-state index in [1.807, 2.05) is 42.5 Å². The lowest BCUT2D eigenvalue weighted by Crippen LogP contribution is -2.28. The predicted molar refractivity (Wildman–Crippen MR) is 87.1 cm³/mol. The average Bonchev–Trinajstić information content (AvgIpc) is 3.19. The van der Waals surface area contributed by atoms with Crippen LogP contribution in [0.3, 0.4) is 0 Å². The molecule has 2 aromatic carbocycles. The summed E-state index contributed by atoms with van der Waals surface area (Å²) in [4.78, 5) is 12.7. The summed E-state index contributed by atoms with van der Waals surface area (Å²) in [5.74, 6) is -0.000495. The topological polar surface area (TPSA) is 57.8 Å². The number of amides is 1.